The topological polar surface area (TPSA) is 83.9 Å². The van der Waals surface area contributed by atoms with Gasteiger partial charge in [0, 0.05) is 11.6 Å². The Kier molecular flexibility index (Phi) is 6.24. The quantitative estimate of drug-likeness (QED) is 0.438. The van der Waals surface area contributed by atoms with Crippen LogP contribution in [-0.4, -0.2) is 31.6 Å². The standard InChI is InChI=1S/C17H22N6OS/c1-17(2,3)18-16(25)21-20-15(24)10-9-14-12-23(22-19-14)11-13-7-5-4-6-8-13/h4-10,12H,11H2,1-3H3,(H,20,24)(H2,18,21,25)/b10-9+. The van der Waals surface area contributed by atoms with Crippen LogP contribution in [0.2, 0.25) is 0 Å². The number of nitrogens with zero attached hydrogens (tertiary/aromatic N) is 3. The number of nitrogens with one attached hydrogen (secondary N) is 3. The van der Waals surface area contributed by atoms with E-state index in [1.807, 2.05) is 51.1 Å². The first-order valence-electron chi connectivity index (χ1n) is 7.82. The molecule has 0 saturated carbocycles. The number of carbonyl (C=O) groups is 1. The normalized spacial score (nSPS) is 11.3. The first-order valence-corrected chi connectivity index (χ1v) is 8.23. The van der Waals surface area contributed by atoms with Crippen LogP contribution in [0.5, 0.6) is 0 Å². The Balaban J connectivity index is 1.81. The zero-order valence-electron chi connectivity index (χ0n) is 14.5. The van der Waals surface area contributed by atoms with Gasteiger partial charge in [0.25, 0.3) is 5.91 Å². The molecule has 0 aliphatic heterocycles. The van der Waals surface area contributed by atoms with Gasteiger partial charge in [-0.05, 0) is 44.6 Å². The van der Waals surface area contributed by atoms with Gasteiger partial charge in [0.2, 0.25) is 0 Å². The highest BCUT2D eigenvalue weighted by atomic mass is 32.1. The molecule has 0 bridgehead atoms. The van der Waals surface area contributed by atoms with Gasteiger partial charge >= 0.3 is 0 Å². The molecule has 2 aromatic rings. The van der Waals surface area contributed by atoms with Crippen LogP contribution in [-0.2, 0) is 11.3 Å². The van der Waals surface area contributed by atoms with Crippen molar-refractivity contribution in [2.75, 3.05) is 0 Å². The molecule has 1 aromatic carbocycles. The lowest BCUT2D eigenvalue weighted by Crippen LogP contribution is -2.51. The smallest absolute Gasteiger partial charge is 0.262 e. The van der Waals surface area contributed by atoms with Crippen molar-refractivity contribution in [3.63, 3.8) is 0 Å². The lowest BCUT2D eigenvalue weighted by atomic mass is 10.1. The summed E-state index contributed by atoms with van der Waals surface area (Å²) in [7, 11) is 0. The zero-order chi connectivity index (χ0) is 18.3. The molecule has 1 heterocycles. The molecule has 1 amide bonds. The molecule has 0 saturated heterocycles. The maximum absolute atomic E-state index is 11.8. The molecule has 0 aliphatic carbocycles. The predicted molar refractivity (Wildman–Crippen MR) is 101 cm³/mol. The van der Waals surface area contributed by atoms with E-state index in [1.54, 1.807) is 17.0 Å². The molecule has 0 unspecified atom stereocenters. The summed E-state index contributed by atoms with van der Waals surface area (Å²) in [5.74, 6) is -0.337. The number of benzene rings is 1. The molecule has 0 atom stereocenters. The van der Waals surface area contributed by atoms with Crippen molar-refractivity contribution in [2.24, 2.45) is 0 Å². The fourth-order valence-electron chi connectivity index (χ4n) is 1.93. The molecule has 2 rings (SSSR count). The lowest BCUT2D eigenvalue weighted by Gasteiger charge is -2.22. The Hall–Kier alpha value is -2.74. The molecular formula is C17H22N6OS. The van der Waals surface area contributed by atoms with Crippen LogP contribution in [0.15, 0.2) is 42.6 Å². The average molecular weight is 358 g/mol. The monoisotopic (exact) mass is 358 g/mol. The summed E-state index contributed by atoms with van der Waals surface area (Å²) in [4.78, 5) is 11.8. The second kappa shape index (κ2) is 8.39. The van der Waals surface area contributed by atoms with Crippen molar-refractivity contribution >= 4 is 29.3 Å². The number of aromatic nitrogens is 3. The van der Waals surface area contributed by atoms with Gasteiger partial charge in [-0.2, -0.15) is 0 Å². The third-order valence-corrected chi connectivity index (χ3v) is 3.14. The molecule has 0 radical (unpaired) electrons. The van der Waals surface area contributed by atoms with E-state index in [0.717, 1.165) is 5.56 Å². The van der Waals surface area contributed by atoms with E-state index in [9.17, 15) is 4.79 Å². The van der Waals surface area contributed by atoms with Gasteiger partial charge in [-0.3, -0.25) is 15.6 Å². The molecule has 7 nitrogen and oxygen atoms in total. The highest BCUT2D eigenvalue weighted by molar-refractivity contribution is 7.80. The van der Waals surface area contributed by atoms with Crippen LogP contribution < -0.4 is 16.2 Å². The van der Waals surface area contributed by atoms with Gasteiger partial charge in [0.15, 0.2) is 5.11 Å². The van der Waals surface area contributed by atoms with Crippen molar-refractivity contribution in [1.29, 1.82) is 0 Å². The van der Waals surface area contributed by atoms with Crippen molar-refractivity contribution < 1.29 is 4.79 Å². The molecule has 0 fully saturated rings. The summed E-state index contributed by atoms with van der Waals surface area (Å²) < 4.78 is 1.72. The van der Waals surface area contributed by atoms with E-state index in [0.29, 0.717) is 17.4 Å². The van der Waals surface area contributed by atoms with E-state index in [4.69, 9.17) is 12.2 Å². The van der Waals surface area contributed by atoms with Crippen LogP contribution in [0.3, 0.4) is 0 Å². The highest BCUT2D eigenvalue weighted by Gasteiger charge is 2.10. The van der Waals surface area contributed by atoms with Crippen LogP contribution in [0.1, 0.15) is 32.0 Å². The summed E-state index contributed by atoms with van der Waals surface area (Å²) in [6, 6.07) is 9.96. The average Bonchev–Trinajstić information content (AvgIpc) is 2.98. The number of rotatable bonds is 4. The Morgan fingerprint density at radius 1 is 1.24 bits per heavy atom. The van der Waals surface area contributed by atoms with Gasteiger partial charge in [-0.15, -0.1) is 5.10 Å². The fraction of sp³-hybridized carbons (Fsp3) is 0.294. The number of amides is 1. The third-order valence-electron chi connectivity index (χ3n) is 2.94. The molecular weight excluding hydrogens is 336 g/mol. The molecule has 0 aliphatic rings. The molecule has 1 aromatic heterocycles. The predicted octanol–water partition coefficient (Wildman–Crippen LogP) is 1.63. The largest absolute Gasteiger partial charge is 0.357 e. The second-order valence-corrected chi connectivity index (χ2v) is 6.89. The van der Waals surface area contributed by atoms with E-state index < -0.39 is 0 Å². The SMILES string of the molecule is CC(C)(C)NC(=S)NNC(=O)/C=C/c1cn(Cc2ccccc2)nn1. The summed E-state index contributed by atoms with van der Waals surface area (Å²) >= 11 is 5.08. The van der Waals surface area contributed by atoms with E-state index in [2.05, 4.69) is 26.5 Å². The van der Waals surface area contributed by atoms with Gasteiger partial charge in [0.05, 0.1) is 12.7 Å². The van der Waals surface area contributed by atoms with Crippen molar-refractivity contribution in [3.8, 4) is 0 Å². The number of carbonyl (C=O) groups excluding carboxylic acids is 1. The van der Waals surface area contributed by atoms with Crippen molar-refractivity contribution in [1.82, 2.24) is 31.2 Å². The van der Waals surface area contributed by atoms with Crippen LogP contribution in [0.25, 0.3) is 6.08 Å². The number of hydrogen-bond acceptors (Lipinski definition) is 4. The zero-order valence-corrected chi connectivity index (χ0v) is 15.3. The second-order valence-electron chi connectivity index (χ2n) is 6.48. The fourth-order valence-corrected chi connectivity index (χ4v) is 2.29. The minimum Gasteiger partial charge on any atom is -0.357 e. The van der Waals surface area contributed by atoms with Gasteiger partial charge in [-0.1, -0.05) is 35.5 Å². The van der Waals surface area contributed by atoms with Gasteiger partial charge < -0.3 is 5.32 Å². The Labute approximate surface area is 152 Å². The van der Waals surface area contributed by atoms with Crippen molar-refractivity contribution in [3.05, 3.63) is 53.9 Å². The molecule has 8 heteroatoms. The number of hydrazine groups is 1. The number of hydrogen-bond donors (Lipinski definition) is 3. The number of thiocarbonyl (C=S) groups is 1. The Morgan fingerprint density at radius 3 is 2.64 bits per heavy atom. The van der Waals surface area contributed by atoms with Crippen molar-refractivity contribution in [2.45, 2.75) is 32.9 Å². The summed E-state index contributed by atoms with van der Waals surface area (Å²) in [6.07, 6.45) is 4.73. The van der Waals surface area contributed by atoms with Gasteiger partial charge in [0.1, 0.15) is 5.69 Å². The highest BCUT2D eigenvalue weighted by Crippen LogP contribution is 2.03. The molecule has 25 heavy (non-hydrogen) atoms. The maximum atomic E-state index is 11.8. The van der Waals surface area contributed by atoms with Crippen LogP contribution in [0, 0.1) is 0 Å². The van der Waals surface area contributed by atoms with E-state index >= 15 is 0 Å². The third kappa shape index (κ3) is 7.13. The Bertz CT molecular complexity index is 748. The first kappa shape index (κ1) is 18.6. The maximum Gasteiger partial charge on any atom is 0.262 e. The van der Waals surface area contributed by atoms with E-state index in [-0.39, 0.29) is 11.4 Å². The summed E-state index contributed by atoms with van der Waals surface area (Å²) in [5, 5.41) is 11.4. The Morgan fingerprint density at radius 2 is 1.96 bits per heavy atom. The van der Waals surface area contributed by atoms with Crippen LogP contribution in [0.4, 0.5) is 0 Å². The molecule has 0 spiro atoms. The molecule has 3 N–H and O–H groups in total. The summed E-state index contributed by atoms with van der Waals surface area (Å²) in [6.45, 7) is 6.55. The lowest BCUT2D eigenvalue weighted by molar-refractivity contribution is -0.117. The van der Waals surface area contributed by atoms with E-state index in [1.165, 1.54) is 6.08 Å². The van der Waals surface area contributed by atoms with Crippen LogP contribution >= 0.6 is 12.2 Å². The first-order chi connectivity index (χ1) is 11.8. The van der Waals surface area contributed by atoms with Gasteiger partial charge in [-0.25, -0.2) is 4.68 Å². The minimum atomic E-state index is -0.337. The minimum absolute atomic E-state index is 0.179. The summed E-state index contributed by atoms with van der Waals surface area (Å²) in [5.41, 5.74) is 6.68. The molecule has 132 valence electrons.